The normalized spacial score (nSPS) is 20.8. The van der Waals surface area contributed by atoms with E-state index in [4.69, 9.17) is 4.42 Å². The molecule has 5 nitrogen and oxygen atoms in total. The number of likely N-dealkylation sites (tertiary alicyclic amines) is 1. The van der Waals surface area contributed by atoms with Crippen LogP contribution in [0.3, 0.4) is 0 Å². The van der Waals surface area contributed by atoms with E-state index < -0.39 is 0 Å². The van der Waals surface area contributed by atoms with Crippen LogP contribution >= 0.6 is 11.8 Å². The summed E-state index contributed by atoms with van der Waals surface area (Å²) in [5.41, 5.74) is 0. The van der Waals surface area contributed by atoms with Gasteiger partial charge in [-0.05, 0) is 37.8 Å². The molecule has 0 saturated carbocycles. The Morgan fingerprint density at radius 2 is 2.12 bits per heavy atom. The average Bonchev–Trinajstić information content (AvgIpc) is 3.27. The number of carbonyl (C=O) groups excluding carboxylic acids is 2. The van der Waals surface area contributed by atoms with E-state index in [0.29, 0.717) is 18.2 Å². The molecular formula is C20H30N2O3S. The molecule has 0 bridgehead atoms. The van der Waals surface area contributed by atoms with Crippen molar-refractivity contribution in [2.75, 3.05) is 18.8 Å². The topological polar surface area (TPSA) is 53.8 Å². The molecule has 2 amide bonds. The molecule has 3 heterocycles. The van der Waals surface area contributed by atoms with E-state index >= 15 is 0 Å². The van der Waals surface area contributed by atoms with Crippen molar-refractivity contribution in [1.82, 2.24) is 9.80 Å². The number of unbranched alkanes of at least 4 members (excludes halogenated alkanes) is 1. The number of furan rings is 1. The molecule has 2 fully saturated rings. The van der Waals surface area contributed by atoms with Crippen LogP contribution < -0.4 is 0 Å². The second kappa shape index (κ2) is 8.51. The Balaban J connectivity index is 1.62. The highest BCUT2D eigenvalue weighted by atomic mass is 32.2. The molecule has 6 heteroatoms. The van der Waals surface area contributed by atoms with Crippen LogP contribution in [0.15, 0.2) is 22.8 Å². The van der Waals surface area contributed by atoms with Crippen molar-refractivity contribution >= 4 is 23.6 Å². The first-order chi connectivity index (χ1) is 12.6. The summed E-state index contributed by atoms with van der Waals surface area (Å²) in [5.74, 6) is 2.00. The summed E-state index contributed by atoms with van der Waals surface area (Å²) in [7, 11) is 0. The van der Waals surface area contributed by atoms with Crippen LogP contribution in [-0.4, -0.2) is 45.3 Å². The molecule has 2 saturated heterocycles. The Morgan fingerprint density at radius 1 is 1.35 bits per heavy atom. The quantitative estimate of drug-likeness (QED) is 0.722. The molecule has 144 valence electrons. The van der Waals surface area contributed by atoms with Crippen molar-refractivity contribution in [3.8, 4) is 0 Å². The summed E-state index contributed by atoms with van der Waals surface area (Å²) in [4.78, 5) is 29.1. The van der Waals surface area contributed by atoms with Crippen LogP contribution in [-0.2, 0) is 16.1 Å². The van der Waals surface area contributed by atoms with Gasteiger partial charge in [0.05, 0.1) is 23.4 Å². The fourth-order valence-electron chi connectivity index (χ4n) is 4.07. The van der Waals surface area contributed by atoms with Gasteiger partial charge in [-0.1, -0.05) is 26.7 Å². The smallest absolute Gasteiger partial charge is 0.234 e. The van der Waals surface area contributed by atoms with Gasteiger partial charge in [-0.25, -0.2) is 0 Å². The summed E-state index contributed by atoms with van der Waals surface area (Å²) in [6, 6.07) is 3.78. The zero-order chi connectivity index (χ0) is 18.6. The summed E-state index contributed by atoms with van der Waals surface area (Å²) >= 11 is 1.74. The summed E-state index contributed by atoms with van der Waals surface area (Å²) in [5, 5.41) is 0. The first-order valence-corrected chi connectivity index (χ1v) is 10.8. The number of hydrogen-bond donors (Lipinski definition) is 0. The lowest BCUT2D eigenvalue weighted by Crippen LogP contribution is -2.53. The number of hydrogen-bond acceptors (Lipinski definition) is 4. The standard InChI is InChI=1S/C20H30N2O3S/c1-3-5-7-16(4-2)19(24)21-11-9-20(10-12-21)22(18(23)15-26-20)14-17-8-6-13-25-17/h6,8,13,16H,3-5,7,9-12,14-15H2,1-2H3/t16-/m1/s1. The van der Waals surface area contributed by atoms with Crippen LogP contribution in [0, 0.1) is 5.92 Å². The number of nitrogens with zero attached hydrogens (tertiary/aromatic N) is 2. The van der Waals surface area contributed by atoms with Gasteiger partial charge in [0, 0.05) is 19.0 Å². The van der Waals surface area contributed by atoms with Crippen LogP contribution in [0.5, 0.6) is 0 Å². The van der Waals surface area contributed by atoms with Gasteiger partial charge in [-0.15, -0.1) is 11.8 Å². The fraction of sp³-hybridized carbons (Fsp3) is 0.700. The first-order valence-electron chi connectivity index (χ1n) is 9.85. The highest BCUT2D eigenvalue weighted by Crippen LogP contribution is 2.45. The summed E-state index contributed by atoms with van der Waals surface area (Å²) in [6.07, 6.45) is 7.50. The van der Waals surface area contributed by atoms with E-state index in [2.05, 4.69) is 13.8 Å². The van der Waals surface area contributed by atoms with Crippen LogP contribution in [0.4, 0.5) is 0 Å². The minimum Gasteiger partial charge on any atom is -0.467 e. The maximum Gasteiger partial charge on any atom is 0.234 e. The minimum absolute atomic E-state index is 0.154. The molecule has 0 aromatic carbocycles. The predicted molar refractivity (Wildman–Crippen MR) is 104 cm³/mol. The lowest BCUT2D eigenvalue weighted by molar-refractivity contribution is -0.139. The molecule has 0 radical (unpaired) electrons. The van der Waals surface area contributed by atoms with E-state index in [9.17, 15) is 9.59 Å². The van der Waals surface area contributed by atoms with E-state index in [1.54, 1.807) is 18.0 Å². The molecule has 3 rings (SSSR count). The second-order valence-corrected chi connectivity index (χ2v) is 8.70. The molecule has 0 N–H and O–H groups in total. The SMILES string of the molecule is CCCC[C@@H](CC)C(=O)N1CCC2(CC1)SCC(=O)N2Cc1ccco1. The average molecular weight is 379 g/mol. The molecule has 1 atom stereocenters. The zero-order valence-corrected chi connectivity index (χ0v) is 16.7. The molecule has 1 spiro atoms. The molecular weight excluding hydrogens is 348 g/mol. The van der Waals surface area contributed by atoms with Crippen LogP contribution in [0.25, 0.3) is 0 Å². The minimum atomic E-state index is -0.175. The summed E-state index contributed by atoms with van der Waals surface area (Å²) < 4.78 is 5.45. The molecule has 0 unspecified atom stereocenters. The van der Waals surface area contributed by atoms with Gasteiger partial charge in [0.15, 0.2) is 0 Å². The van der Waals surface area contributed by atoms with Gasteiger partial charge in [-0.2, -0.15) is 0 Å². The maximum absolute atomic E-state index is 12.9. The number of thioether (sulfide) groups is 1. The van der Waals surface area contributed by atoms with Gasteiger partial charge >= 0.3 is 0 Å². The van der Waals surface area contributed by atoms with E-state index in [1.807, 2.05) is 21.9 Å². The van der Waals surface area contributed by atoms with Crippen LogP contribution in [0.1, 0.15) is 58.1 Å². The Morgan fingerprint density at radius 3 is 2.73 bits per heavy atom. The number of piperidine rings is 1. The maximum atomic E-state index is 12.9. The largest absolute Gasteiger partial charge is 0.467 e. The second-order valence-electron chi connectivity index (χ2n) is 7.37. The summed E-state index contributed by atoms with van der Waals surface area (Å²) in [6.45, 7) is 6.30. The molecule has 1 aromatic heterocycles. The monoisotopic (exact) mass is 378 g/mol. The van der Waals surface area contributed by atoms with Crippen molar-refractivity contribution in [3.05, 3.63) is 24.2 Å². The van der Waals surface area contributed by atoms with Crippen LogP contribution in [0.2, 0.25) is 0 Å². The Kier molecular flexibility index (Phi) is 6.33. The third-order valence-corrected chi connectivity index (χ3v) is 7.31. The van der Waals surface area contributed by atoms with Crippen molar-refractivity contribution in [2.45, 2.75) is 63.8 Å². The highest BCUT2D eigenvalue weighted by molar-refractivity contribution is 8.01. The number of carbonyl (C=O) groups is 2. The fourth-order valence-corrected chi connectivity index (χ4v) is 5.41. The molecule has 0 aliphatic carbocycles. The van der Waals surface area contributed by atoms with Gasteiger partial charge in [-0.3, -0.25) is 9.59 Å². The van der Waals surface area contributed by atoms with Gasteiger partial charge in [0.2, 0.25) is 11.8 Å². The van der Waals surface area contributed by atoms with Gasteiger partial charge in [0.1, 0.15) is 5.76 Å². The Labute approximate surface area is 160 Å². The van der Waals surface area contributed by atoms with Crippen molar-refractivity contribution in [2.24, 2.45) is 5.92 Å². The van der Waals surface area contributed by atoms with Crippen molar-refractivity contribution < 1.29 is 14.0 Å². The molecule has 1 aromatic rings. The molecule has 2 aliphatic heterocycles. The van der Waals surface area contributed by atoms with E-state index in [1.165, 1.54) is 0 Å². The van der Waals surface area contributed by atoms with E-state index in [0.717, 1.165) is 57.4 Å². The lowest BCUT2D eigenvalue weighted by Gasteiger charge is -2.44. The zero-order valence-electron chi connectivity index (χ0n) is 15.9. The molecule has 2 aliphatic rings. The Bertz CT molecular complexity index is 609. The Hall–Kier alpha value is -1.43. The van der Waals surface area contributed by atoms with Crippen molar-refractivity contribution in [1.29, 1.82) is 0 Å². The third-order valence-electron chi connectivity index (χ3n) is 5.76. The highest BCUT2D eigenvalue weighted by Gasteiger charge is 2.48. The number of amides is 2. The predicted octanol–water partition coefficient (Wildman–Crippen LogP) is 3.89. The number of rotatable bonds is 7. The third kappa shape index (κ3) is 3.95. The van der Waals surface area contributed by atoms with E-state index in [-0.39, 0.29) is 16.7 Å². The molecule has 26 heavy (non-hydrogen) atoms. The first kappa shape index (κ1) is 19.3. The van der Waals surface area contributed by atoms with Crippen molar-refractivity contribution in [3.63, 3.8) is 0 Å². The van der Waals surface area contributed by atoms with Gasteiger partial charge in [0.25, 0.3) is 0 Å². The lowest BCUT2D eigenvalue weighted by atomic mass is 9.95. The van der Waals surface area contributed by atoms with Gasteiger partial charge < -0.3 is 14.2 Å².